The Morgan fingerprint density at radius 3 is 2.64 bits per heavy atom. The zero-order valence-electron chi connectivity index (χ0n) is 19.0. The van der Waals surface area contributed by atoms with E-state index in [1.807, 2.05) is 25.3 Å². The second kappa shape index (κ2) is 9.17. The molecule has 2 aromatic carbocycles. The van der Waals surface area contributed by atoms with Gasteiger partial charge in [0.2, 0.25) is 10.0 Å². The summed E-state index contributed by atoms with van der Waals surface area (Å²) < 4.78 is 33.4. The third-order valence-electron chi connectivity index (χ3n) is 6.62. The van der Waals surface area contributed by atoms with E-state index in [1.165, 1.54) is 7.05 Å². The molecule has 0 aliphatic carbocycles. The molecule has 3 N–H and O–H groups in total. The lowest BCUT2D eigenvalue weighted by molar-refractivity contribution is 0.0696. The number of aromatic amines is 1. The van der Waals surface area contributed by atoms with Gasteiger partial charge in [-0.2, -0.15) is 0 Å². The molecule has 1 aliphatic heterocycles. The van der Waals surface area contributed by atoms with Gasteiger partial charge in [0.05, 0.1) is 17.9 Å². The number of ether oxygens (including phenoxy) is 1. The molecule has 1 aliphatic rings. The molecule has 1 aromatic heterocycles. The van der Waals surface area contributed by atoms with Crippen LogP contribution in [0.15, 0.2) is 42.6 Å². The fourth-order valence-corrected chi connectivity index (χ4v) is 5.98. The molecule has 4 rings (SSSR count). The molecule has 8 nitrogen and oxygen atoms in total. The maximum Gasteiger partial charge on any atom is 0.335 e. The number of hydrogen-bond acceptors (Lipinski definition) is 5. The molecule has 9 heteroatoms. The molecule has 0 saturated carbocycles. The van der Waals surface area contributed by atoms with Crippen molar-refractivity contribution in [1.82, 2.24) is 14.6 Å². The Bertz CT molecular complexity index is 1270. The fourth-order valence-electron chi connectivity index (χ4n) is 4.80. The van der Waals surface area contributed by atoms with Gasteiger partial charge in [-0.1, -0.05) is 12.1 Å². The van der Waals surface area contributed by atoms with Crippen LogP contribution in [0.2, 0.25) is 0 Å². The van der Waals surface area contributed by atoms with E-state index in [4.69, 9.17) is 4.74 Å². The zero-order valence-corrected chi connectivity index (χ0v) is 19.8. The molecule has 0 radical (unpaired) electrons. The molecule has 0 unspecified atom stereocenters. The third kappa shape index (κ3) is 4.48. The van der Waals surface area contributed by atoms with Crippen molar-refractivity contribution in [2.45, 2.75) is 37.6 Å². The summed E-state index contributed by atoms with van der Waals surface area (Å²) in [4.78, 5) is 16.9. The average Bonchev–Trinajstić information content (AvgIpc) is 3.31. The van der Waals surface area contributed by atoms with E-state index >= 15 is 0 Å². The molecule has 2 atom stereocenters. The van der Waals surface area contributed by atoms with Crippen LogP contribution in [-0.4, -0.2) is 55.3 Å². The van der Waals surface area contributed by atoms with E-state index in [0.717, 1.165) is 33.3 Å². The summed E-state index contributed by atoms with van der Waals surface area (Å²) in [6, 6.07) is 10.6. The number of aromatic nitrogens is 1. The Hall–Kier alpha value is -2.88. The first-order valence-electron chi connectivity index (χ1n) is 10.9. The topological polar surface area (TPSA) is 112 Å². The maximum atomic E-state index is 12.6. The lowest BCUT2D eigenvalue weighted by atomic mass is 9.93. The highest BCUT2D eigenvalue weighted by atomic mass is 32.2. The number of benzene rings is 2. The number of nitrogens with zero attached hydrogens (tertiary/aromatic N) is 1. The van der Waals surface area contributed by atoms with Crippen LogP contribution in [-0.2, 0) is 16.6 Å². The highest BCUT2D eigenvalue weighted by Crippen LogP contribution is 2.38. The number of carboxylic acids is 1. The first-order valence-corrected chi connectivity index (χ1v) is 12.4. The van der Waals surface area contributed by atoms with Crippen LogP contribution in [0.4, 0.5) is 0 Å². The quantitative estimate of drug-likeness (QED) is 0.487. The number of fused-ring (bicyclic) bond motifs is 1. The summed E-state index contributed by atoms with van der Waals surface area (Å²) in [5.41, 5.74) is 4.29. The monoisotopic (exact) mass is 471 g/mol. The minimum absolute atomic E-state index is 0.185. The van der Waals surface area contributed by atoms with Gasteiger partial charge in [0.25, 0.3) is 0 Å². The molecule has 176 valence electrons. The lowest BCUT2D eigenvalue weighted by Crippen LogP contribution is -2.44. The standard InChI is InChI=1S/C24H29N3O5S/c1-15-12-22(32-3)20(19-8-10-26-23(15)19)14-27-11-9-18(33(30,31)25-2)13-21(27)16-4-6-17(7-5-16)24(28)29/h4-8,10,12,18,21,25-26H,9,11,13-14H2,1-3H3,(H,28,29)/t18-,21-/m0/s1. The van der Waals surface area contributed by atoms with Crippen LogP contribution in [0.1, 0.15) is 45.9 Å². The summed E-state index contributed by atoms with van der Waals surface area (Å²) in [5, 5.41) is 9.82. The van der Waals surface area contributed by atoms with Crippen molar-refractivity contribution in [2.75, 3.05) is 20.7 Å². The van der Waals surface area contributed by atoms with Gasteiger partial charge in [-0.25, -0.2) is 17.9 Å². The van der Waals surface area contributed by atoms with E-state index in [-0.39, 0.29) is 11.6 Å². The van der Waals surface area contributed by atoms with Crippen molar-refractivity contribution >= 4 is 26.9 Å². The largest absolute Gasteiger partial charge is 0.496 e. The second-order valence-electron chi connectivity index (χ2n) is 8.45. The van der Waals surface area contributed by atoms with Crippen LogP contribution >= 0.6 is 0 Å². The highest BCUT2D eigenvalue weighted by molar-refractivity contribution is 7.90. The summed E-state index contributed by atoms with van der Waals surface area (Å²) >= 11 is 0. The van der Waals surface area contributed by atoms with Crippen LogP contribution in [0.3, 0.4) is 0 Å². The van der Waals surface area contributed by atoms with E-state index in [9.17, 15) is 18.3 Å². The number of hydrogen-bond donors (Lipinski definition) is 3. The minimum Gasteiger partial charge on any atom is -0.496 e. The van der Waals surface area contributed by atoms with E-state index in [2.05, 4.69) is 14.6 Å². The number of piperidine rings is 1. The molecule has 2 heterocycles. The molecule has 1 fully saturated rings. The number of carbonyl (C=O) groups is 1. The van der Waals surface area contributed by atoms with Gasteiger partial charge in [0.15, 0.2) is 0 Å². The molecule has 1 saturated heterocycles. The van der Waals surface area contributed by atoms with Gasteiger partial charge in [0, 0.05) is 41.8 Å². The number of likely N-dealkylation sites (tertiary alicyclic amines) is 1. The van der Waals surface area contributed by atoms with E-state index < -0.39 is 21.2 Å². The maximum absolute atomic E-state index is 12.6. The number of carboxylic acid groups (broad SMARTS) is 1. The number of aromatic carboxylic acids is 1. The predicted molar refractivity (Wildman–Crippen MR) is 127 cm³/mol. The number of sulfonamides is 1. The summed E-state index contributed by atoms with van der Waals surface area (Å²) in [6.07, 6.45) is 2.84. The smallest absolute Gasteiger partial charge is 0.335 e. The molecule has 0 amide bonds. The highest BCUT2D eigenvalue weighted by Gasteiger charge is 2.36. The Labute approximate surface area is 193 Å². The van der Waals surface area contributed by atoms with Gasteiger partial charge in [-0.15, -0.1) is 0 Å². The predicted octanol–water partition coefficient (Wildman–Crippen LogP) is 3.44. The number of H-pyrrole nitrogens is 1. The lowest BCUT2D eigenvalue weighted by Gasteiger charge is -2.39. The Morgan fingerprint density at radius 1 is 1.27 bits per heavy atom. The third-order valence-corrected chi connectivity index (χ3v) is 8.50. The molecular weight excluding hydrogens is 442 g/mol. The zero-order chi connectivity index (χ0) is 23.8. The van der Waals surface area contributed by atoms with Crippen molar-refractivity contribution in [1.29, 1.82) is 0 Å². The van der Waals surface area contributed by atoms with Crippen molar-refractivity contribution in [3.63, 3.8) is 0 Å². The number of methoxy groups -OCH3 is 1. The molecule has 33 heavy (non-hydrogen) atoms. The van der Waals surface area contributed by atoms with Crippen molar-refractivity contribution in [2.24, 2.45) is 0 Å². The molecule has 3 aromatic rings. The Morgan fingerprint density at radius 2 is 2.00 bits per heavy atom. The first-order chi connectivity index (χ1) is 15.7. The SMILES string of the molecule is CNS(=O)(=O)[C@H]1CCN(Cc2c(OC)cc(C)c3[nH]ccc23)[C@H](c2ccc(C(=O)O)cc2)C1. The van der Waals surface area contributed by atoms with Gasteiger partial charge in [0.1, 0.15) is 5.75 Å². The fraction of sp³-hybridized carbons (Fsp3) is 0.375. The van der Waals surface area contributed by atoms with Gasteiger partial charge in [-0.05, 0) is 62.2 Å². The van der Waals surface area contributed by atoms with Crippen molar-refractivity contribution in [3.05, 3.63) is 64.8 Å². The molecule has 0 bridgehead atoms. The second-order valence-corrected chi connectivity index (χ2v) is 10.6. The van der Waals surface area contributed by atoms with Crippen LogP contribution in [0.25, 0.3) is 10.9 Å². The normalized spacial score (nSPS) is 19.6. The number of rotatable bonds is 7. The van der Waals surface area contributed by atoms with Gasteiger partial charge in [-0.3, -0.25) is 4.90 Å². The minimum atomic E-state index is -3.42. The summed E-state index contributed by atoms with van der Waals surface area (Å²) in [5.74, 6) is -0.193. The van der Waals surface area contributed by atoms with Crippen LogP contribution in [0, 0.1) is 6.92 Å². The molecular formula is C24H29N3O5S. The number of nitrogens with one attached hydrogen (secondary N) is 2. The summed E-state index contributed by atoms with van der Waals surface area (Å²) in [6.45, 7) is 3.20. The first kappa shape index (κ1) is 23.3. The van der Waals surface area contributed by atoms with E-state index in [0.29, 0.717) is 25.9 Å². The van der Waals surface area contributed by atoms with Gasteiger partial charge < -0.3 is 14.8 Å². The average molecular weight is 472 g/mol. The van der Waals surface area contributed by atoms with Crippen LogP contribution in [0.5, 0.6) is 5.75 Å². The Balaban J connectivity index is 1.73. The van der Waals surface area contributed by atoms with Crippen LogP contribution < -0.4 is 9.46 Å². The molecule has 0 spiro atoms. The van der Waals surface area contributed by atoms with Gasteiger partial charge >= 0.3 is 5.97 Å². The van der Waals surface area contributed by atoms with E-state index in [1.54, 1.807) is 31.4 Å². The Kier molecular flexibility index (Phi) is 6.47. The van der Waals surface area contributed by atoms with Crippen molar-refractivity contribution < 1.29 is 23.1 Å². The summed E-state index contributed by atoms with van der Waals surface area (Å²) in [7, 11) is -0.325. The number of aryl methyl sites for hydroxylation is 1. The van der Waals surface area contributed by atoms with Crippen molar-refractivity contribution in [3.8, 4) is 5.75 Å².